The van der Waals surface area contributed by atoms with E-state index in [1.807, 2.05) is 19.9 Å². The second kappa shape index (κ2) is 3.62. The highest BCUT2D eigenvalue weighted by Gasteiger charge is 2.18. The van der Waals surface area contributed by atoms with Gasteiger partial charge in [-0.15, -0.1) is 0 Å². The summed E-state index contributed by atoms with van der Waals surface area (Å²) in [6, 6.07) is 3.78. The van der Waals surface area contributed by atoms with E-state index < -0.39 is 0 Å². The first-order valence-electron chi connectivity index (χ1n) is 5.31. The van der Waals surface area contributed by atoms with Gasteiger partial charge < -0.3 is 5.32 Å². The first-order valence-corrected chi connectivity index (χ1v) is 6.06. The van der Waals surface area contributed by atoms with Crippen LogP contribution in [0.15, 0.2) is 17.8 Å². The first-order chi connectivity index (χ1) is 8.06. The molecule has 3 rings (SSSR count). The summed E-state index contributed by atoms with van der Waals surface area (Å²) in [6.45, 7) is 3.97. The minimum absolute atomic E-state index is 0.591. The summed E-state index contributed by atoms with van der Waals surface area (Å²) < 4.78 is 0. The van der Waals surface area contributed by atoms with Crippen molar-refractivity contribution >= 4 is 45.9 Å². The van der Waals surface area contributed by atoms with E-state index in [1.54, 1.807) is 6.07 Å². The van der Waals surface area contributed by atoms with Crippen molar-refractivity contribution in [2.24, 2.45) is 0 Å². The van der Waals surface area contributed by atoms with E-state index in [4.69, 9.17) is 23.2 Å². The highest BCUT2D eigenvalue weighted by Crippen LogP contribution is 2.41. The number of anilines is 1. The molecule has 0 bridgehead atoms. The molecule has 0 radical (unpaired) electrons. The van der Waals surface area contributed by atoms with Crippen molar-refractivity contribution in [2.45, 2.75) is 13.8 Å². The van der Waals surface area contributed by atoms with E-state index in [2.05, 4.69) is 16.4 Å². The molecule has 1 aromatic carbocycles. The standard InChI is InChI=1S/C13H10Cl2N2/c1-6-3-8-4-7(2)17-13-10(15)5-9(14)12(16-6)11(8)13/h3-5,16H,1-2H3. The molecule has 0 aliphatic carbocycles. The Morgan fingerprint density at radius 2 is 1.88 bits per heavy atom. The average molecular weight is 265 g/mol. The Bertz CT molecular complexity index is 675. The molecule has 17 heavy (non-hydrogen) atoms. The van der Waals surface area contributed by atoms with Gasteiger partial charge in [-0.05, 0) is 37.6 Å². The molecule has 1 aliphatic rings. The Balaban J connectivity index is 2.55. The van der Waals surface area contributed by atoms with Crippen molar-refractivity contribution in [1.29, 1.82) is 0 Å². The Morgan fingerprint density at radius 1 is 1.12 bits per heavy atom. The lowest BCUT2D eigenvalue weighted by atomic mass is 10.0. The van der Waals surface area contributed by atoms with E-state index in [9.17, 15) is 0 Å². The normalized spacial score (nSPS) is 13.5. The number of nitrogens with one attached hydrogen (secondary N) is 1. The van der Waals surface area contributed by atoms with Gasteiger partial charge in [-0.25, -0.2) is 0 Å². The number of pyridine rings is 1. The second-order valence-electron chi connectivity index (χ2n) is 4.24. The predicted molar refractivity (Wildman–Crippen MR) is 73.8 cm³/mol. The molecular weight excluding hydrogens is 255 g/mol. The van der Waals surface area contributed by atoms with Crippen LogP contribution >= 0.6 is 23.2 Å². The van der Waals surface area contributed by atoms with Gasteiger partial charge in [0.1, 0.15) is 0 Å². The highest BCUT2D eigenvalue weighted by atomic mass is 35.5. The molecule has 2 heterocycles. The van der Waals surface area contributed by atoms with Crippen molar-refractivity contribution in [2.75, 3.05) is 5.32 Å². The van der Waals surface area contributed by atoms with Gasteiger partial charge in [-0.2, -0.15) is 0 Å². The minimum atomic E-state index is 0.591. The molecule has 0 fully saturated rings. The van der Waals surface area contributed by atoms with Gasteiger partial charge in [0.25, 0.3) is 0 Å². The number of rotatable bonds is 0. The van der Waals surface area contributed by atoms with E-state index in [0.29, 0.717) is 10.0 Å². The number of aromatic nitrogens is 1. The molecule has 2 aromatic rings. The minimum Gasteiger partial charge on any atom is -0.357 e. The molecule has 0 spiro atoms. The number of halogens is 2. The maximum Gasteiger partial charge on any atom is 0.0919 e. The third-order valence-electron chi connectivity index (χ3n) is 2.84. The summed E-state index contributed by atoms with van der Waals surface area (Å²) >= 11 is 12.4. The van der Waals surface area contributed by atoms with Gasteiger partial charge in [0, 0.05) is 16.8 Å². The topological polar surface area (TPSA) is 24.9 Å². The summed E-state index contributed by atoms with van der Waals surface area (Å²) in [5.74, 6) is 0. The smallest absolute Gasteiger partial charge is 0.0919 e. The van der Waals surface area contributed by atoms with E-state index in [-0.39, 0.29) is 0 Å². The quantitative estimate of drug-likeness (QED) is 0.750. The molecule has 0 saturated carbocycles. The lowest BCUT2D eigenvalue weighted by Crippen LogP contribution is -2.04. The fourth-order valence-corrected chi connectivity index (χ4v) is 2.76. The van der Waals surface area contributed by atoms with Gasteiger partial charge in [0.15, 0.2) is 0 Å². The molecule has 2 nitrogen and oxygen atoms in total. The van der Waals surface area contributed by atoms with Crippen molar-refractivity contribution < 1.29 is 0 Å². The van der Waals surface area contributed by atoms with E-state index in [0.717, 1.165) is 33.5 Å². The van der Waals surface area contributed by atoms with Crippen LogP contribution in [0.25, 0.3) is 17.0 Å². The lowest BCUT2D eigenvalue weighted by molar-refractivity contribution is 1.24. The Hall–Kier alpha value is -1.25. The molecule has 4 heteroatoms. The zero-order valence-electron chi connectivity index (χ0n) is 9.44. The molecule has 0 unspecified atom stereocenters. The summed E-state index contributed by atoms with van der Waals surface area (Å²) in [7, 11) is 0. The summed E-state index contributed by atoms with van der Waals surface area (Å²) in [6.07, 6.45) is 2.08. The largest absolute Gasteiger partial charge is 0.357 e. The van der Waals surface area contributed by atoms with Crippen molar-refractivity contribution in [3.63, 3.8) is 0 Å². The van der Waals surface area contributed by atoms with Crippen LogP contribution in [0.3, 0.4) is 0 Å². The molecule has 0 saturated heterocycles. The molecule has 1 aliphatic heterocycles. The molecular formula is C13H10Cl2N2. The number of aryl methyl sites for hydroxylation is 1. The zero-order valence-corrected chi connectivity index (χ0v) is 10.9. The Morgan fingerprint density at radius 3 is 2.65 bits per heavy atom. The molecule has 1 aromatic heterocycles. The van der Waals surface area contributed by atoms with Gasteiger partial charge >= 0.3 is 0 Å². The van der Waals surface area contributed by atoms with Gasteiger partial charge in [0.05, 0.1) is 21.2 Å². The monoisotopic (exact) mass is 264 g/mol. The van der Waals surface area contributed by atoms with E-state index in [1.165, 1.54) is 0 Å². The van der Waals surface area contributed by atoms with Crippen LogP contribution in [0.1, 0.15) is 18.2 Å². The van der Waals surface area contributed by atoms with Crippen molar-refractivity contribution in [3.8, 4) is 0 Å². The number of allylic oxidation sites excluding steroid dienone is 1. The summed E-state index contributed by atoms with van der Waals surface area (Å²) in [5, 5.41) is 5.49. The number of hydrogen-bond donors (Lipinski definition) is 1. The first kappa shape index (κ1) is 10.9. The number of benzene rings is 1. The average Bonchev–Trinajstić information content (AvgIpc) is 2.24. The lowest BCUT2D eigenvalue weighted by Gasteiger charge is -2.20. The Labute approximate surface area is 109 Å². The van der Waals surface area contributed by atoms with Crippen LogP contribution in [0.4, 0.5) is 5.69 Å². The number of hydrogen-bond acceptors (Lipinski definition) is 2. The van der Waals surface area contributed by atoms with Gasteiger partial charge in [-0.3, -0.25) is 4.98 Å². The van der Waals surface area contributed by atoms with Crippen LogP contribution in [0, 0.1) is 6.92 Å². The second-order valence-corrected chi connectivity index (χ2v) is 5.06. The molecule has 86 valence electrons. The number of nitrogens with zero attached hydrogens (tertiary/aromatic N) is 1. The summed E-state index contributed by atoms with van der Waals surface area (Å²) in [4.78, 5) is 4.48. The fraction of sp³-hybridized carbons (Fsp3) is 0.154. The molecule has 1 N–H and O–H groups in total. The fourth-order valence-electron chi connectivity index (χ4n) is 2.21. The highest BCUT2D eigenvalue weighted by molar-refractivity contribution is 6.41. The SMILES string of the molecule is CC1=Cc2cc(C)nc3c(Cl)cc(Cl)c(c23)N1. The van der Waals surface area contributed by atoms with Crippen LogP contribution in [0.2, 0.25) is 10.0 Å². The maximum absolute atomic E-state index is 6.22. The van der Waals surface area contributed by atoms with Crippen LogP contribution < -0.4 is 5.32 Å². The maximum atomic E-state index is 6.22. The van der Waals surface area contributed by atoms with E-state index >= 15 is 0 Å². The van der Waals surface area contributed by atoms with Crippen LogP contribution in [-0.4, -0.2) is 4.98 Å². The zero-order chi connectivity index (χ0) is 12.2. The van der Waals surface area contributed by atoms with Crippen LogP contribution in [-0.2, 0) is 0 Å². The third-order valence-corrected chi connectivity index (χ3v) is 3.43. The molecule has 0 atom stereocenters. The van der Waals surface area contributed by atoms with Crippen molar-refractivity contribution in [3.05, 3.63) is 39.1 Å². The summed E-state index contributed by atoms with van der Waals surface area (Å²) in [5.41, 5.74) is 4.83. The third kappa shape index (κ3) is 1.60. The van der Waals surface area contributed by atoms with Gasteiger partial charge in [0.2, 0.25) is 0 Å². The van der Waals surface area contributed by atoms with Crippen LogP contribution in [0.5, 0.6) is 0 Å². The van der Waals surface area contributed by atoms with Crippen molar-refractivity contribution in [1.82, 2.24) is 4.98 Å². The van der Waals surface area contributed by atoms with Gasteiger partial charge in [-0.1, -0.05) is 23.2 Å². The Kier molecular flexibility index (Phi) is 2.32. The predicted octanol–water partition coefficient (Wildman–Crippen LogP) is 4.64. The molecule has 0 amide bonds.